The molecule has 1 amide bonds. The number of benzene rings is 2. The van der Waals surface area contributed by atoms with Crippen LogP contribution in [0.4, 0.5) is 5.69 Å². The molecule has 1 heterocycles. The van der Waals surface area contributed by atoms with Crippen LogP contribution in [-0.4, -0.2) is 37.2 Å². The molecule has 0 saturated carbocycles. The van der Waals surface area contributed by atoms with Gasteiger partial charge in [0.15, 0.2) is 0 Å². The number of carbonyl (C=O) groups is 2. The van der Waals surface area contributed by atoms with Crippen molar-refractivity contribution in [1.82, 2.24) is 4.31 Å². The Morgan fingerprint density at radius 2 is 1.80 bits per heavy atom. The van der Waals surface area contributed by atoms with Crippen molar-refractivity contribution >= 4 is 27.6 Å². The number of carbonyl (C=O) groups excluding carboxylic acids is 2. The average Bonchev–Trinajstić information content (AvgIpc) is 2.74. The van der Waals surface area contributed by atoms with Crippen molar-refractivity contribution in [3.63, 3.8) is 0 Å². The van der Waals surface area contributed by atoms with Crippen LogP contribution in [0, 0.1) is 0 Å². The Kier molecular flexibility index (Phi) is 6.89. The highest BCUT2D eigenvalue weighted by molar-refractivity contribution is 7.89. The van der Waals surface area contributed by atoms with E-state index in [2.05, 4.69) is 5.32 Å². The summed E-state index contributed by atoms with van der Waals surface area (Å²) in [6.45, 7) is 3.80. The number of amides is 1. The standard InChI is InChI=1S/C22H26N2O5S/c1-3-18-8-6-7-15-24(18)30(27,28)19-13-11-17(12-14-19)23-22(26)20-9-4-5-10-21(20)29-16(2)25/h4-5,9-14,18H,3,6-8,15H2,1-2H3,(H,23,26). The summed E-state index contributed by atoms with van der Waals surface area (Å²) in [6, 6.07) is 12.6. The molecule has 0 radical (unpaired) electrons. The van der Waals surface area contributed by atoms with Gasteiger partial charge < -0.3 is 10.1 Å². The Labute approximate surface area is 177 Å². The van der Waals surface area contributed by atoms with Gasteiger partial charge in [0, 0.05) is 25.2 Å². The highest BCUT2D eigenvalue weighted by atomic mass is 32.2. The zero-order valence-electron chi connectivity index (χ0n) is 17.1. The first kappa shape index (κ1) is 22.0. The molecule has 0 bridgehead atoms. The fourth-order valence-corrected chi connectivity index (χ4v) is 5.41. The Morgan fingerprint density at radius 3 is 2.47 bits per heavy atom. The fraction of sp³-hybridized carbons (Fsp3) is 0.364. The van der Waals surface area contributed by atoms with E-state index in [-0.39, 0.29) is 22.3 Å². The molecule has 0 aliphatic carbocycles. The highest BCUT2D eigenvalue weighted by Gasteiger charge is 2.32. The minimum absolute atomic E-state index is 0.0286. The number of nitrogens with zero attached hydrogens (tertiary/aromatic N) is 1. The number of para-hydroxylation sites is 1. The molecule has 1 aliphatic rings. The van der Waals surface area contributed by atoms with Crippen molar-refractivity contribution in [3.8, 4) is 5.75 Å². The molecule has 0 spiro atoms. The summed E-state index contributed by atoms with van der Waals surface area (Å²) in [5, 5.41) is 2.71. The molecule has 1 N–H and O–H groups in total. The quantitative estimate of drug-likeness (QED) is 0.556. The van der Waals surface area contributed by atoms with Gasteiger partial charge in [-0.3, -0.25) is 9.59 Å². The van der Waals surface area contributed by atoms with E-state index < -0.39 is 21.9 Å². The molecule has 2 aromatic carbocycles. The van der Waals surface area contributed by atoms with Gasteiger partial charge >= 0.3 is 5.97 Å². The summed E-state index contributed by atoms with van der Waals surface area (Å²) in [6.07, 6.45) is 3.58. The second-order valence-electron chi connectivity index (χ2n) is 7.24. The van der Waals surface area contributed by atoms with Gasteiger partial charge in [-0.15, -0.1) is 0 Å². The molecule has 1 fully saturated rings. The molecule has 160 valence electrons. The van der Waals surface area contributed by atoms with Crippen LogP contribution in [0.5, 0.6) is 5.75 Å². The molecule has 1 atom stereocenters. The number of hydrogen-bond acceptors (Lipinski definition) is 5. The maximum atomic E-state index is 13.0. The Bertz CT molecular complexity index is 1020. The summed E-state index contributed by atoms with van der Waals surface area (Å²) >= 11 is 0. The molecule has 3 rings (SSSR count). The Morgan fingerprint density at radius 1 is 1.10 bits per heavy atom. The van der Waals surface area contributed by atoms with Crippen molar-refractivity contribution in [1.29, 1.82) is 0 Å². The first-order valence-corrected chi connectivity index (χ1v) is 11.5. The van der Waals surface area contributed by atoms with Gasteiger partial charge in [-0.05, 0) is 55.7 Å². The zero-order chi connectivity index (χ0) is 21.7. The van der Waals surface area contributed by atoms with Crippen LogP contribution in [0.15, 0.2) is 53.4 Å². The maximum absolute atomic E-state index is 13.0. The van der Waals surface area contributed by atoms with Crippen molar-refractivity contribution in [2.24, 2.45) is 0 Å². The van der Waals surface area contributed by atoms with Crippen molar-refractivity contribution in [2.75, 3.05) is 11.9 Å². The van der Waals surface area contributed by atoms with Gasteiger partial charge in [0.25, 0.3) is 5.91 Å². The normalized spacial score (nSPS) is 17.3. The lowest BCUT2D eigenvalue weighted by Gasteiger charge is -2.34. The molecule has 1 saturated heterocycles. The third-order valence-corrected chi connectivity index (χ3v) is 7.11. The van der Waals surface area contributed by atoms with Crippen LogP contribution in [0.1, 0.15) is 49.9 Å². The predicted octanol–water partition coefficient (Wildman–Crippen LogP) is 3.82. The second-order valence-corrected chi connectivity index (χ2v) is 9.13. The molecule has 1 unspecified atom stereocenters. The number of hydrogen-bond donors (Lipinski definition) is 1. The summed E-state index contributed by atoms with van der Waals surface area (Å²) in [5.74, 6) is -0.810. The third-order valence-electron chi connectivity index (χ3n) is 5.15. The number of ether oxygens (including phenoxy) is 1. The van der Waals surface area contributed by atoms with E-state index in [1.807, 2.05) is 6.92 Å². The summed E-state index contributed by atoms with van der Waals surface area (Å²) in [5.41, 5.74) is 0.658. The van der Waals surface area contributed by atoms with Crippen LogP contribution in [-0.2, 0) is 14.8 Å². The van der Waals surface area contributed by atoms with E-state index >= 15 is 0 Å². The average molecular weight is 431 g/mol. The minimum Gasteiger partial charge on any atom is -0.426 e. The monoisotopic (exact) mass is 430 g/mol. The lowest BCUT2D eigenvalue weighted by Crippen LogP contribution is -2.43. The summed E-state index contributed by atoms with van der Waals surface area (Å²) in [4.78, 5) is 24.0. The topological polar surface area (TPSA) is 92.8 Å². The lowest BCUT2D eigenvalue weighted by molar-refractivity contribution is -0.131. The number of rotatable bonds is 6. The first-order valence-electron chi connectivity index (χ1n) is 10.0. The van der Waals surface area contributed by atoms with E-state index in [4.69, 9.17) is 4.74 Å². The molecular formula is C22H26N2O5S. The number of piperidine rings is 1. The molecule has 8 heteroatoms. The second kappa shape index (κ2) is 9.40. The largest absolute Gasteiger partial charge is 0.426 e. The smallest absolute Gasteiger partial charge is 0.308 e. The zero-order valence-corrected chi connectivity index (χ0v) is 17.9. The van der Waals surface area contributed by atoms with E-state index in [0.29, 0.717) is 12.2 Å². The van der Waals surface area contributed by atoms with Crippen LogP contribution in [0.25, 0.3) is 0 Å². The lowest BCUT2D eigenvalue weighted by atomic mass is 10.0. The van der Waals surface area contributed by atoms with Gasteiger partial charge in [-0.2, -0.15) is 4.31 Å². The van der Waals surface area contributed by atoms with Crippen LogP contribution < -0.4 is 10.1 Å². The van der Waals surface area contributed by atoms with Crippen LogP contribution >= 0.6 is 0 Å². The van der Waals surface area contributed by atoms with E-state index in [0.717, 1.165) is 25.7 Å². The van der Waals surface area contributed by atoms with Gasteiger partial charge in [0.1, 0.15) is 5.75 Å². The van der Waals surface area contributed by atoms with Gasteiger partial charge in [0.2, 0.25) is 10.0 Å². The highest BCUT2D eigenvalue weighted by Crippen LogP contribution is 2.28. The number of sulfonamides is 1. The number of anilines is 1. The predicted molar refractivity (Wildman–Crippen MR) is 114 cm³/mol. The van der Waals surface area contributed by atoms with Gasteiger partial charge in [0.05, 0.1) is 10.5 Å². The van der Waals surface area contributed by atoms with Crippen molar-refractivity contribution in [2.45, 2.75) is 50.5 Å². The van der Waals surface area contributed by atoms with Crippen LogP contribution in [0.3, 0.4) is 0 Å². The van der Waals surface area contributed by atoms with E-state index in [1.54, 1.807) is 34.6 Å². The fourth-order valence-electron chi connectivity index (χ4n) is 3.64. The number of esters is 1. The van der Waals surface area contributed by atoms with Gasteiger partial charge in [-0.25, -0.2) is 8.42 Å². The first-order chi connectivity index (χ1) is 14.3. The van der Waals surface area contributed by atoms with Crippen molar-refractivity contribution < 1.29 is 22.7 Å². The maximum Gasteiger partial charge on any atom is 0.308 e. The summed E-state index contributed by atoms with van der Waals surface area (Å²) < 4.78 is 32.8. The number of nitrogens with one attached hydrogen (secondary N) is 1. The van der Waals surface area contributed by atoms with E-state index in [9.17, 15) is 18.0 Å². The van der Waals surface area contributed by atoms with Crippen molar-refractivity contribution in [3.05, 3.63) is 54.1 Å². The minimum atomic E-state index is -3.58. The third kappa shape index (κ3) is 4.88. The Balaban J connectivity index is 1.76. The SMILES string of the molecule is CCC1CCCCN1S(=O)(=O)c1ccc(NC(=O)c2ccccc2OC(C)=O)cc1. The van der Waals surface area contributed by atoms with E-state index in [1.165, 1.54) is 25.1 Å². The Hall–Kier alpha value is -2.71. The molecular weight excluding hydrogens is 404 g/mol. The summed E-state index contributed by atoms with van der Waals surface area (Å²) in [7, 11) is -3.58. The molecule has 7 nitrogen and oxygen atoms in total. The molecule has 30 heavy (non-hydrogen) atoms. The van der Waals surface area contributed by atoms with Crippen LogP contribution in [0.2, 0.25) is 0 Å². The molecule has 0 aromatic heterocycles. The molecule has 2 aromatic rings. The van der Waals surface area contributed by atoms with Gasteiger partial charge in [-0.1, -0.05) is 25.5 Å². The molecule has 1 aliphatic heterocycles.